The smallest absolute Gasteiger partial charge is 0.252 e. The summed E-state index contributed by atoms with van der Waals surface area (Å²) < 4.78 is 1.87. The molecule has 26 heavy (non-hydrogen) atoms. The third-order valence-electron chi connectivity index (χ3n) is 5.47. The van der Waals surface area contributed by atoms with Gasteiger partial charge in [0.1, 0.15) is 0 Å². The maximum atomic E-state index is 12.7. The van der Waals surface area contributed by atoms with Crippen LogP contribution in [-0.2, 0) is 5.41 Å². The molecule has 1 saturated carbocycles. The maximum Gasteiger partial charge on any atom is 0.252 e. The van der Waals surface area contributed by atoms with Gasteiger partial charge in [-0.25, -0.2) is 9.67 Å². The minimum atomic E-state index is -0.0705. The van der Waals surface area contributed by atoms with E-state index in [0.29, 0.717) is 12.1 Å². The molecular formula is C21H24N4O. The molecule has 2 aromatic heterocycles. The second kappa shape index (κ2) is 6.56. The molecule has 1 aliphatic rings. The Bertz CT molecular complexity index is 926. The lowest BCUT2D eigenvalue weighted by molar-refractivity contribution is 0.0927. The fourth-order valence-corrected chi connectivity index (χ4v) is 3.76. The van der Waals surface area contributed by atoms with Crippen molar-refractivity contribution in [1.29, 1.82) is 0 Å². The van der Waals surface area contributed by atoms with Crippen molar-refractivity contribution in [3.63, 3.8) is 0 Å². The molecule has 0 spiro atoms. The number of hydrogen-bond acceptors (Lipinski definition) is 3. The molecule has 4 rings (SSSR count). The fourth-order valence-electron chi connectivity index (χ4n) is 3.76. The highest BCUT2D eigenvalue weighted by Gasteiger charge is 2.38. The van der Waals surface area contributed by atoms with Crippen molar-refractivity contribution < 1.29 is 4.79 Å². The predicted octanol–water partition coefficient (Wildman–Crippen LogP) is 3.86. The Labute approximate surface area is 153 Å². The molecule has 1 amide bonds. The summed E-state index contributed by atoms with van der Waals surface area (Å²) in [7, 11) is 0. The summed E-state index contributed by atoms with van der Waals surface area (Å²) in [5.41, 5.74) is 2.80. The van der Waals surface area contributed by atoms with Gasteiger partial charge in [0, 0.05) is 29.6 Å². The number of nitrogens with zero attached hydrogens (tertiary/aromatic N) is 3. The Balaban J connectivity index is 1.51. The van der Waals surface area contributed by atoms with E-state index in [9.17, 15) is 4.79 Å². The number of hydrogen-bond donors (Lipinski definition) is 1. The van der Waals surface area contributed by atoms with Crippen LogP contribution in [0, 0.1) is 0 Å². The largest absolute Gasteiger partial charge is 0.351 e. The third kappa shape index (κ3) is 2.87. The first kappa shape index (κ1) is 16.8. The third-order valence-corrected chi connectivity index (χ3v) is 5.47. The molecule has 1 N–H and O–H groups in total. The molecule has 0 atom stereocenters. The quantitative estimate of drug-likeness (QED) is 0.761. The first-order chi connectivity index (χ1) is 12.6. The summed E-state index contributed by atoms with van der Waals surface area (Å²) in [4.78, 5) is 17.1. The molecule has 1 aromatic carbocycles. The van der Waals surface area contributed by atoms with E-state index in [0.717, 1.165) is 23.9 Å². The van der Waals surface area contributed by atoms with Gasteiger partial charge in [0.2, 0.25) is 0 Å². The van der Waals surface area contributed by atoms with Crippen LogP contribution in [0.15, 0.2) is 48.8 Å². The average Bonchev–Trinajstić information content (AvgIpc) is 3.05. The lowest BCUT2D eigenvalue weighted by atomic mass is 9.64. The lowest BCUT2D eigenvalue weighted by Gasteiger charge is -2.42. The molecule has 134 valence electrons. The number of pyridine rings is 1. The van der Waals surface area contributed by atoms with E-state index >= 15 is 0 Å². The van der Waals surface area contributed by atoms with Gasteiger partial charge in [-0.05, 0) is 38.3 Å². The van der Waals surface area contributed by atoms with Crippen LogP contribution in [-0.4, -0.2) is 27.2 Å². The first-order valence-electron chi connectivity index (χ1n) is 9.26. The number of nitrogens with one attached hydrogen (secondary N) is 1. The van der Waals surface area contributed by atoms with E-state index < -0.39 is 0 Å². The summed E-state index contributed by atoms with van der Waals surface area (Å²) >= 11 is 0. The number of amides is 1. The molecule has 0 radical (unpaired) electrons. The van der Waals surface area contributed by atoms with Crippen LogP contribution in [0.4, 0.5) is 0 Å². The molecule has 1 fully saturated rings. The van der Waals surface area contributed by atoms with Crippen LogP contribution in [0.3, 0.4) is 0 Å². The van der Waals surface area contributed by atoms with Gasteiger partial charge in [-0.1, -0.05) is 36.8 Å². The minimum Gasteiger partial charge on any atom is -0.351 e. The Morgan fingerprint density at radius 1 is 1.23 bits per heavy atom. The van der Waals surface area contributed by atoms with Gasteiger partial charge in [0.05, 0.1) is 11.8 Å². The van der Waals surface area contributed by atoms with Crippen LogP contribution < -0.4 is 5.32 Å². The standard InChI is InChI=1S/C21H24N4O/c1-15(2)25-19-16(13-24-25)11-17(12-22-19)20(26)23-14-21(9-6-10-21)18-7-4-3-5-8-18/h3-5,7-8,11-13,15H,6,9-10,14H2,1-2H3,(H,23,26). The zero-order chi connectivity index (χ0) is 18.1. The number of carbonyl (C=O) groups is 1. The highest BCUT2D eigenvalue weighted by molar-refractivity contribution is 5.96. The van der Waals surface area contributed by atoms with E-state index in [1.165, 1.54) is 12.0 Å². The van der Waals surface area contributed by atoms with Crippen LogP contribution in [0.5, 0.6) is 0 Å². The van der Waals surface area contributed by atoms with Gasteiger partial charge in [-0.3, -0.25) is 4.79 Å². The van der Waals surface area contributed by atoms with E-state index in [-0.39, 0.29) is 17.4 Å². The van der Waals surface area contributed by atoms with Gasteiger partial charge >= 0.3 is 0 Å². The van der Waals surface area contributed by atoms with Crippen LogP contribution in [0.2, 0.25) is 0 Å². The molecule has 0 unspecified atom stereocenters. The summed E-state index contributed by atoms with van der Waals surface area (Å²) in [5, 5.41) is 8.39. The average molecular weight is 348 g/mol. The zero-order valence-corrected chi connectivity index (χ0v) is 15.3. The highest BCUT2D eigenvalue weighted by atomic mass is 16.1. The fraction of sp³-hybridized carbons (Fsp3) is 0.381. The zero-order valence-electron chi connectivity index (χ0n) is 15.3. The van der Waals surface area contributed by atoms with Gasteiger partial charge in [0.25, 0.3) is 5.91 Å². The second-order valence-electron chi connectivity index (χ2n) is 7.50. The summed E-state index contributed by atoms with van der Waals surface area (Å²) in [6.45, 7) is 4.80. The number of carbonyl (C=O) groups excluding carboxylic acids is 1. The molecule has 2 heterocycles. The number of rotatable bonds is 5. The summed E-state index contributed by atoms with van der Waals surface area (Å²) in [6.07, 6.45) is 6.88. The van der Waals surface area contributed by atoms with Gasteiger partial charge < -0.3 is 5.32 Å². The predicted molar refractivity (Wildman–Crippen MR) is 102 cm³/mol. The van der Waals surface area contributed by atoms with Crippen molar-refractivity contribution >= 4 is 16.9 Å². The summed E-state index contributed by atoms with van der Waals surface area (Å²) in [5.74, 6) is -0.0705. The first-order valence-corrected chi connectivity index (χ1v) is 9.26. The van der Waals surface area contributed by atoms with Gasteiger partial charge in [0.15, 0.2) is 5.65 Å². The Morgan fingerprint density at radius 3 is 2.65 bits per heavy atom. The van der Waals surface area contributed by atoms with Gasteiger partial charge in [-0.15, -0.1) is 0 Å². The van der Waals surface area contributed by atoms with E-state index in [1.807, 2.05) is 16.8 Å². The maximum absolute atomic E-state index is 12.7. The number of aromatic nitrogens is 3. The molecule has 0 bridgehead atoms. The minimum absolute atomic E-state index is 0.0705. The number of benzene rings is 1. The molecule has 0 aliphatic heterocycles. The van der Waals surface area contributed by atoms with Crippen LogP contribution in [0.25, 0.3) is 11.0 Å². The molecule has 5 heteroatoms. The number of fused-ring (bicyclic) bond motifs is 1. The van der Waals surface area contributed by atoms with Crippen LogP contribution >= 0.6 is 0 Å². The van der Waals surface area contributed by atoms with Crippen molar-refractivity contribution in [1.82, 2.24) is 20.1 Å². The molecule has 1 aliphatic carbocycles. The molecule has 3 aromatic rings. The second-order valence-corrected chi connectivity index (χ2v) is 7.50. The molecule has 5 nitrogen and oxygen atoms in total. The van der Waals surface area contributed by atoms with Crippen molar-refractivity contribution in [2.45, 2.75) is 44.6 Å². The lowest BCUT2D eigenvalue weighted by Crippen LogP contribution is -2.45. The summed E-state index contributed by atoms with van der Waals surface area (Å²) in [6, 6.07) is 12.6. The van der Waals surface area contributed by atoms with Crippen molar-refractivity contribution in [2.75, 3.05) is 6.54 Å². The van der Waals surface area contributed by atoms with Crippen molar-refractivity contribution in [2.24, 2.45) is 0 Å². The Hall–Kier alpha value is -2.69. The Morgan fingerprint density at radius 2 is 2.00 bits per heavy atom. The Kier molecular flexibility index (Phi) is 4.23. The molecule has 0 saturated heterocycles. The van der Waals surface area contributed by atoms with E-state index in [4.69, 9.17) is 0 Å². The van der Waals surface area contributed by atoms with Gasteiger partial charge in [-0.2, -0.15) is 5.10 Å². The van der Waals surface area contributed by atoms with Crippen molar-refractivity contribution in [3.05, 3.63) is 59.9 Å². The topological polar surface area (TPSA) is 59.8 Å². The van der Waals surface area contributed by atoms with Crippen LogP contribution in [0.1, 0.15) is 55.1 Å². The molecular weight excluding hydrogens is 324 g/mol. The monoisotopic (exact) mass is 348 g/mol. The highest BCUT2D eigenvalue weighted by Crippen LogP contribution is 2.43. The van der Waals surface area contributed by atoms with E-state index in [1.54, 1.807) is 12.4 Å². The normalized spacial score (nSPS) is 15.8. The van der Waals surface area contributed by atoms with Crippen molar-refractivity contribution in [3.8, 4) is 0 Å². The van der Waals surface area contributed by atoms with E-state index in [2.05, 4.69) is 53.5 Å². The SMILES string of the molecule is CC(C)n1ncc2cc(C(=O)NCC3(c4ccccc4)CCC3)cnc21.